The summed E-state index contributed by atoms with van der Waals surface area (Å²) in [5, 5.41) is 29.4. The van der Waals surface area contributed by atoms with Crippen LogP contribution >= 0.6 is 11.3 Å². The van der Waals surface area contributed by atoms with Gasteiger partial charge < -0.3 is 15.2 Å². The quantitative estimate of drug-likeness (QED) is 0.184. The summed E-state index contributed by atoms with van der Waals surface area (Å²) in [4.78, 5) is 36.5. The zero-order valence-corrected chi connectivity index (χ0v) is 18.7. The van der Waals surface area contributed by atoms with Gasteiger partial charge in [0.25, 0.3) is 11.8 Å². The minimum Gasteiger partial charge on any atom is -0.500 e. The molecule has 11 heteroatoms. The highest BCUT2D eigenvalue weighted by molar-refractivity contribution is 7.10. The number of nitrogens with one attached hydrogen (secondary N) is 2. The SMILES string of the molecule is CCOc1cc(/C=N/NC(=O)/C(=C\c2cccs2)NC(=O)c2ccccc2)cc([N+](=O)[O-])c1O. The molecule has 1 aromatic heterocycles. The van der Waals surface area contributed by atoms with E-state index in [1.165, 1.54) is 23.5 Å². The van der Waals surface area contributed by atoms with Crippen LogP contribution in [-0.2, 0) is 4.79 Å². The molecular formula is C23H20N4O6S. The first kappa shape index (κ1) is 24.1. The van der Waals surface area contributed by atoms with Gasteiger partial charge in [-0.2, -0.15) is 5.10 Å². The predicted molar refractivity (Wildman–Crippen MR) is 128 cm³/mol. The lowest BCUT2D eigenvalue weighted by Gasteiger charge is -2.09. The van der Waals surface area contributed by atoms with E-state index in [1.54, 1.807) is 49.4 Å². The third kappa shape index (κ3) is 6.26. The topological polar surface area (TPSA) is 143 Å². The van der Waals surface area contributed by atoms with Gasteiger partial charge in [0.1, 0.15) is 5.70 Å². The number of amides is 2. The van der Waals surface area contributed by atoms with Crippen molar-refractivity contribution < 1.29 is 24.4 Å². The van der Waals surface area contributed by atoms with Crippen LogP contribution in [0.15, 0.2) is 70.8 Å². The van der Waals surface area contributed by atoms with Gasteiger partial charge in [-0.15, -0.1) is 11.3 Å². The first-order valence-electron chi connectivity index (χ1n) is 9.98. The molecule has 0 saturated carbocycles. The van der Waals surface area contributed by atoms with Crippen LogP contribution in [0, 0.1) is 10.1 Å². The number of hydrogen-bond acceptors (Lipinski definition) is 8. The van der Waals surface area contributed by atoms with E-state index in [1.807, 2.05) is 5.38 Å². The highest BCUT2D eigenvalue weighted by Gasteiger charge is 2.20. The smallest absolute Gasteiger partial charge is 0.315 e. The van der Waals surface area contributed by atoms with Crippen LogP contribution in [0.3, 0.4) is 0 Å². The summed E-state index contributed by atoms with van der Waals surface area (Å²) in [5.41, 5.74) is 2.27. The summed E-state index contributed by atoms with van der Waals surface area (Å²) in [7, 11) is 0. The number of thiophene rings is 1. The molecular weight excluding hydrogens is 460 g/mol. The van der Waals surface area contributed by atoms with Crippen LogP contribution in [0.5, 0.6) is 11.5 Å². The molecule has 0 aliphatic rings. The molecule has 1 heterocycles. The number of carbonyl (C=O) groups is 2. The zero-order chi connectivity index (χ0) is 24.5. The normalized spacial score (nSPS) is 11.3. The third-order valence-corrected chi connectivity index (χ3v) is 5.13. The maximum Gasteiger partial charge on any atom is 0.315 e. The predicted octanol–water partition coefficient (Wildman–Crippen LogP) is 3.68. The van der Waals surface area contributed by atoms with Crippen molar-refractivity contribution in [3.8, 4) is 11.5 Å². The number of carbonyl (C=O) groups excluding carboxylic acids is 2. The zero-order valence-electron chi connectivity index (χ0n) is 17.9. The van der Waals surface area contributed by atoms with Gasteiger partial charge in [-0.05, 0) is 42.6 Å². The van der Waals surface area contributed by atoms with E-state index in [4.69, 9.17) is 4.74 Å². The second-order valence-corrected chi connectivity index (χ2v) is 7.65. The first-order valence-corrected chi connectivity index (χ1v) is 10.9. The summed E-state index contributed by atoms with van der Waals surface area (Å²) in [6.07, 6.45) is 2.67. The number of nitrogens with zero attached hydrogens (tertiary/aromatic N) is 2. The lowest BCUT2D eigenvalue weighted by Crippen LogP contribution is -2.32. The van der Waals surface area contributed by atoms with E-state index in [2.05, 4.69) is 15.8 Å². The fourth-order valence-electron chi connectivity index (χ4n) is 2.78. The van der Waals surface area contributed by atoms with Crippen LogP contribution in [0.1, 0.15) is 27.7 Å². The number of rotatable bonds is 9. The van der Waals surface area contributed by atoms with Gasteiger partial charge in [0.15, 0.2) is 5.75 Å². The molecule has 3 aromatic rings. The Labute approximate surface area is 198 Å². The Hall–Kier alpha value is -4.51. The second-order valence-electron chi connectivity index (χ2n) is 6.67. The van der Waals surface area contributed by atoms with Gasteiger partial charge in [-0.3, -0.25) is 19.7 Å². The van der Waals surface area contributed by atoms with Gasteiger partial charge in [0.2, 0.25) is 5.75 Å². The van der Waals surface area contributed by atoms with Crippen LogP contribution in [0.2, 0.25) is 0 Å². The summed E-state index contributed by atoms with van der Waals surface area (Å²) in [6.45, 7) is 1.84. The van der Waals surface area contributed by atoms with E-state index in [9.17, 15) is 24.8 Å². The summed E-state index contributed by atoms with van der Waals surface area (Å²) < 4.78 is 5.22. The minimum absolute atomic E-state index is 0.0415. The van der Waals surface area contributed by atoms with Crippen molar-refractivity contribution in [2.24, 2.45) is 5.10 Å². The Morgan fingerprint density at radius 2 is 1.97 bits per heavy atom. The molecule has 10 nitrogen and oxygen atoms in total. The van der Waals surface area contributed by atoms with Crippen molar-refractivity contribution in [1.82, 2.24) is 10.7 Å². The van der Waals surface area contributed by atoms with E-state index < -0.39 is 28.2 Å². The highest BCUT2D eigenvalue weighted by Crippen LogP contribution is 2.36. The van der Waals surface area contributed by atoms with Crippen LogP contribution in [-0.4, -0.2) is 34.7 Å². The Balaban J connectivity index is 1.80. The van der Waals surface area contributed by atoms with E-state index in [-0.39, 0.29) is 23.6 Å². The Kier molecular flexibility index (Phi) is 8.08. The number of ether oxygens (including phenoxy) is 1. The van der Waals surface area contributed by atoms with Gasteiger partial charge in [-0.25, -0.2) is 5.43 Å². The van der Waals surface area contributed by atoms with Crippen molar-refractivity contribution in [1.29, 1.82) is 0 Å². The number of hydrogen-bond donors (Lipinski definition) is 3. The fourth-order valence-corrected chi connectivity index (χ4v) is 3.43. The van der Waals surface area contributed by atoms with Crippen LogP contribution in [0.4, 0.5) is 5.69 Å². The number of hydrazone groups is 1. The third-order valence-electron chi connectivity index (χ3n) is 4.31. The fraction of sp³-hybridized carbons (Fsp3) is 0.0870. The van der Waals surface area contributed by atoms with Crippen molar-refractivity contribution in [3.63, 3.8) is 0 Å². The molecule has 174 valence electrons. The Bertz CT molecular complexity index is 1240. The molecule has 3 N–H and O–H groups in total. The molecule has 0 radical (unpaired) electrons. The van der Waals surface area contributed by atoms with Crippen LogP contribution in [0.25, 0.3) is 6.08 Å². The molecule has 0 aliphatic carbocycles. The molecule has 2 amide bonds. The molecule has 0 saturated heterocycles. The Morgan fingerprint density at radius 3 is 2.62 bits per heavy atom. The molecule has 0 unspecified atom stereocenters. The number of aromatic hydroxyl groups is 1. The van der Waals surface area contributed by atoms with E-state index in [0.29, 0.717) is 5.56 Å². The number of phenolic OH excluding ortho intramolecular Hbond substituents is 1. The molecule has 0 atom stereocenters. The summed E-state index contributed by atoms with van der Waals surface area (Å²) in [5.74, 6) is -1.86. The molecule has 2 aromatic carbocycles. The van der Waals surface area contributed by atoms with Gasteiger partial charge in [0.05, 0.1) is 17.7 Å². The minimum atomic E-state index is -0.755. The molecule has 0 bridgehead atoms. The number of nitro groups is 1. The van der Waals surface area contributed by atoms with Gasteiger partial charge >= 0.3 is 5.69 Å². The standard InChI is InChI=1S/C23H20N4O6S/c1-2-33-20-12-15(11-19(21(20)28)27(31)32)14-24-26-23(30)18(13-17-9-6-10-34-17)25-22(29)16-7-4-3-5-8-16/h3-14,28H,2H2,1H3,(H,25,29)(H,26,30)/b18-13+,24-14+. The first-order chi connectivity index (χ1) is 16.4. The van der Waals surface area contributed by atoms with Crippen molar-refractivity contribution in [2.75, 3.05) is 6.61 Å². The van der Waals surface area contributed by atoms with Crippen molar-refractivity contribution in [2.45, 2.75) is 6.92 Å². The van der Waals surface area contributed by atoms with E-state index in [0.717, 1.165) is 17.2 Å². The highest BCUT2D eigenvalue weighted by atomic mass is 32.1. The van der Waals surface area contributed by atoms with Gasteiger partial charge in [-0.1, -0.05) is 24.3 Å². The molecule has 3 rings (SSSR count). The maximum absolute atomic E-state index is 12.7. The van der Waals surface area contributed by atoms with Crippen molar-refractivity contribution >= 4 is 41.1 Å². The lowest BCUT2D eigenvalue weighted by atomic mass is 10.2. The Morgan fingerprint density at radius 1 is 1.21 bits per heavy atom. The average molecular weight is 481 g/mol. The van der Waals surface area contributed by atoms with Crippen LogP contribution < -0.4 is 15.5 Å². The largest absolute Gasteiger partial charge is 0.500 e. The molecule has 0 fully saturated rings. The van der Waals surface area contributed by atoms with Crippen molar-refractivity contribution in [3.05, 3.63) is 91.8 Å². The molecule has 34 heavy (non-hydrogen) atoms. The maximum atomic E-state index is 12.7. The summed E-state index contributed by atoms with van der Waals surface area (Å²) >= 11 is 1.38. The number of phenols is 1. The number of benzene rings is 2. The van der Waals surface area contributed by atoms with E-state index >= 15 is 0 Å². The monoisotopic (exact) mass is 480 g/mol. The number of nitro benzene ring substituents is 1. The molecule has 0 spiro atoms. The second kappa shape index (κ2) is 11.4. The van der Waals surface area contributed by atoms with Gasteiger partial charge in [0, 0.05) is 22.1 Å². The lowest BCUT2D eigenvalue weighted by molar-refractivity contribution is -0.386. The molecule has 0 aliphatic heterocycles. The summed E-state index contributed by atoms with van der Waals surface area (Å²) in [6, 6.07) is 14.4. The average Bonchev–Trinajstić information content (AvgIpc) is 3.34.